The standard InChI is InChI=1S/C23H16FN3O4/c24-18-11-5-3-9-16(18)20-13-25-23(31-20)15-8-2-1-7-14(15)21(29)26-27-22(30)17-10-4-6-12-19(17)28/h1-13,28H,(H,26,29)(H,27,30). The monoisotopic (exact) mass is 417 g/mol. The molecule has 0 aliphatic rings. The SMILES string of the molecule is O=C(NNC(=O)c1ccccc1-c1ncc(-c2ccccc2F)o1)c1ccccc1O. The van der Waals surface area contributed by atoms with Gasteiger partial charge in [-0.2, -0.15) is 0 Å². The number of rotatable bonds is 4. The van der Waals surface area contributed by atoms with Crippen LogP contribution in [0.1, 0.15) is 20.7 Å². The van der Waals surface area contributed by atoms with Crippen LogP contribution in [-0.2, 0) is 0 Å². The summed E-state index contributed by atoms with van der Waals surface area (Å²) in [5, 5.41) is 9.75. The highest BCUT2D eigenvalue weighted by Crippen LogP contribution is 2.29. The summed E-state index contributed by atoms with van der Waals surface area (Å²) in [6.07, 6.45) is 1.38. The van der Waals surface area contributed by atoms with Crippen LogP contribution in [0.3, 0.4) is 0 Å². The highest BCUT2D eigenvalue weighted by Gasteiger charge is 2.19. The van der Waals surface area contributed by atoms with Gasteiger partial charge in [0, 0.05) is 5.56 Å². The molecule has 1 heterocycles. The molecule has 3 N–H and O–H groups in total. The average molecular weight is 417 g/mol. The maximum atomic E-state index is 14.0. The summed E-state index contributed by atoms with van der Waals surface area (Å²) in [5.74, 6) is -1.63. The predicted octanol–water partition coefficient (Wildman–Crippen LogP) is 3.93. The molecule has 4 rings (SSSR count). The molecular formula is C23H16FN3O4. The lowest BCUT2D eigenvalue weighted by Gasteiger charge is -2.10. The zero-order valence-electron chi connectivity index (χ0n) is 16.0. The van der Waals surface area contributed by atoms with E-state index in [2.05, 4.69) is 15.8 Å². The fraction of sp³-hybridized carbons (Fsp3) is 0. The lowest BCUT2D eigenvalue weighted by molar-refractivity contribution is 0.0845. The molecule has 0 atom stereocenters. The Labute approximate surface area is 176 Å². The molecule has 4 aromatic rings. The molecule has 3 aromatic carbocycles. The minimum atomic E-state index is -0.679. The van der Waals surface area contributed by atoms with Crippen molar-refractivity contribution < 1.29 is 23.5 Å². The van der Waals surface area contributed by atoms with Crippen molar-refractivity contribution in [3.05, 3.63) is 95.9 Å². The first-order valence-electron chi connectivity index (χ1n) is 9.23. The number of carbonyl (C=O) groups is 2. The van der Waals surface area contributed by atoms with E-state index in [1.165, 1.54) is 30.5 Å². The molecule has 154 valence electrons. The van der Waals surface area contributed by atoms with E-state index in [0.717, 1.165) is 0 Å². The van der Waals surface area contributed by atoms with Crippen molar-refractivity contribution in [3.63, 3.8) is 0 Å². The second-order valence-corrected chi connectivity index (χ2v) is 6.48. The summed E-state index contributed by atoms with van der Waals surface area (Å²) in [6, 6.07) is 18.6. The zero-order chi connectivity index (χ0) is 21.8. The van der Waals surface area contributed by atoms with Crippen molar-refractivity contribution in [1.29, 1.82) is 0 Å². The Balaban J connectivity index is 1.55. The summed E-state index contributed by atoms with van der Waals surface area (Å²) >= 11 is 0. The van der Waals surface area contributed by atoms with Crippen LogP contribution in [0, 0.1) is 5.82 Å². The fourth-order valence-corrected chi connectivity index (χ4v) is 2.97. The van der Waals surface area contributed by atoms with Crippen LogP contribution >= 0.6 is 0 Å². The van der Waals surface area contributed by atoms with Gasteiger partial charge in [0.05, 0.1) is 22.9 Å². The van der Waals surface area contributed by atoms with Crippen LogP contribution < -0.4 is 10.9 Å². The van der Waals surface area contributed by atoms with E-state index in [0.29, 0.717) is 5.56 Å². The second-order valence-electron chi connectivity index (χ2n) is 6.48. The van der Waals surface area contributed by atoms with Gasteiger partial charge >= 0.3 is 0 Å². The second kappa shape index (κ2) is 8.50. The van der Waals surface area contributed by atoms with Gasteiger partial charge in [0.15, 0.2) is 5.76 Å². The Kier molecular flexibility index (Phi) is 5.44. The van der Waals surface area contributed by atoms with Gasteiger partial charge in [-0.3, -0.25) is 20.4 Å². The first-order valence-corrected chi connectivity index (χ1v) is 9.23. The quantitative estimate of drug-likeness (QED) is 0.437. The number of nitrogens with one attached hydrogen (secondary N) is 2. The van der Waals surface area contributed by atoms with Crippen LogP contribution in [0.2, 0.25) is 0 Å². The van der Waals surface area contributed by atoms with E-state index >= 15 is 0 Å². The maximum absolute atomic E-state index is 14.0. The van der Waals surface area contributed by atoms with Crippen molar-refractivity contribution in [3.8, 4) is 28.5 Å². The van der Waals surface area contributed by atoms with E-state index in [1.54, 1.807) is 48.5 Å². The number of benzene rings is 3. The number of carbonyl (C=O) groups excluding carboxylic acids is 2. The topological polar surface area (TPSA) is 104 Å². The Morgan fingerprint density at radius 2 is 1.39 bits per heavy atom. The summed E-state index contributed by atoms with van der Waals surface area (Å²) in [6.45, 7) is 0. The number of hydrogen-bond acceptors (Lipinski definition) is 5. The lowest BCUT2D eigenvalue weighted by atomic mass is 10.1. The number of phenols is 1. The fourth-order valence-electron chi connectivity index (χ4n) is 2.97. The predicted molar refractivity (Wildman–Crippen MR) is 110 cm³/mol. The highest BCUT2D eigenvalue weighted by molar-refractivity contribution is 6.03. The third kappa shape index (κ3) is 4.13. The lowest BCUT2D eigenvalue weighted by Crippen LogP contribution is -2.41. The van der Waals surface area contributed by atoms with E-state index in [9.17, 15) is 19.1 Å². The van der Waals surface area contributed by atoms with Gasteiger partial charge in [-0.15, -0.1) is 0 Å². The number of phenolic OH excluding ortho intramolecular Hbond substituents is 1. The molecule has 31 heavy (non-hydrogen) atoms. The molecule has 0 bridgehead atoms. The molecule has 0 saturated carbocycles. The molecule has 0 saturated heterocycles. The number of halogens is 1. The first kappa shape index (κ1) is 19.8. The van der Waals surface area contributed by atoms with Gasteiger partial charge in [-0.1, -0.05) is 36.4 Å². The van der Waals surface area contributed by atoms with Crippen molar-refractivity contribution in [2.24, 2.45) is 0 Å². The van der Waals surface area contributed by atoms with E-state index in [4.69, 9.17) is 4.42 Å². The molecular weight excluding hydrogens is 401 g/mol. The Morgan fingerprint density at radius 1 is 0.806 bits per heavy atom. The van der Waals surface area contributed by atoms with Crippen molar-refractivity contribution in [1.82, 2.24) is 15.8 Å². The van der Waals surface area contributed by atoms with Crippen LogP contribution in [0.4, 0.5) is 4.39 Å². The molecule has 2 amide bonds. The molecule has 0 aliphatic carbocycles. The summed E-state index contributed by atoms with van der Waals surface area (Å²) in [4.78, 5) is 29.0. The highest BCUT2D eigenvalue weighted by atomic mass is 19.1. The normalized spacial score (nSPS) is 10.5. The molecule has 0 fully saturated rings. The summed E-state index contributed by atoms with van der Waals surface area (Å²) in [7, 11) is 0. The van der Waals surface area contributed by atoms with E-state index < -0.39 is 17.6 Å². The van der Waals surface area contributed by atoms with Crippen LogP contribution in [0.25, 0.3) is 22.8 Å². The van der Waals surface area contributed by atoms with Crippen LogP contribution in [-0.4, -0.2) is 21.9 Å². The van der Waals surface area contributed by atoms with Gasteiger partial charge in [0.1, 0.15) is 11.6 Å². The summed E-state index contributed by atoms with van der Waals surface area (Å²) in [5.41, 5.74) is 5.36. The zero-order valence-corrected chi connectivity index (χ0v) is 16.0. The summed E-state index contributed by atoms with van der Waals surface area (Å²) < 4.78 is 19.7. The Bertz CT molecular complexity index is 1270. The van der Waals surface area contributed by atoms with Crippen LogP contribution in [0.5, 0.6) is 5.75 Å². The van der Waals surface area contributed by atoms with Gasteiger partial charge in [-0.05, 0) is 36.4 Å². The minimum absolute atomic E-state index is 0.0123. The van der Waals surface area contributed by atoms with Crippen molar-refractivity contribution in [2.75, 3.05) is 0 Å². The van der Waals surface area contributed by atoms with Crippen molar-refractivity contribution in [2.45, 2.75) is 0 Å². The molecule has 0 unspecified atom stereocenters. The average Bonchev–Trinajstić information content (AvgIpc) is 3.28. The number of hydrogen-bond donors (Lipinski definition) is 3. The van der Waals surface area contributed by atoms with Gasteiger partial charge < -0.3 is 9.52 Å². The van der Waals surface area contributed by atoms with Crippen molar-refractivity contribution >= 4 is 11.8 Å². The smallest absolute Gasteiger partial charge is 0.273 e. The largest absolute Gasteiger partial charge is 0.507 e. The number of amides is 2. The molecule has 0 radical (unpaired) electrons. The van der Waals surface area contributed by atoms with Gasteiger partial charge in [0.25, 0.3) is 11.8 Å². The first-order chi connectivity index (χ1) is 15.0. The Hall–Kier alpha value is -4.46. The van der Waals surface area contributed by atoms with E-state index in [-0.39, 0.29) is 34.1 Å². The number of nitrogens with zero attached hydrogens (tertiary/aromatic N) is 1. The Morgan fingerprint density at radius 3 is 2.10 bits per heavy atom. The number of para-hydroxylation sites is 1. The number of aromatic hydroxyl groups is 1. The molecule has 0 aliphatic heterocycles. The number of aromatic nitrogens is 1. The number of oxazole rings is 1. The maximum Gasteiger partial charge on any atom is 0.273 e. The van der Waals surface area contributed by atoms with Crippen LogP contribution in [0.15, 0.2) is 83.4 Å². The molecule has 7 nitrogen and oxygen atoms in total. The molecule has 0 spiro atoms. The van der Waals surface area contributed by atoms with Gasteiger partial charge in [0.2, 0.25) is 5.89 Å². The minimum Gasteiger partial charge on any atom is -0.507 e. The number of hydrazine groups is 1. The van der Waals surface area contributed by atoms with Gasteiger partial charge in [-0.25, -0.2) is 9.37 Å². The third-order valence-corrected chi connectivity index (χ3v) is 4.49. The molecule has 1 aromatic heterocycles. The molecule has 8 heteroatoms. The van der Waals surface area contributed by atoms with E-state index in [1.807, 2.05) is 0 Å². The third-order valence-electron chi connectivity index (χ3n) is 4.49.